The van der Waals surface area contributed by atoms with E-state index in [2.05, 4.69) is 55.2 Å². The average molecular weight is 275 g/mol. The Bertz CT molecular complexity index is 416. The second-order valence-corrected chi connectivity index (χ2v) is 7.92. The second-order valence-electron chi connectivity index (χ2n) is 6.58. The van der Waals surface area contributed by atoms with Gasteiger partial charge in [0.05, 0.1) is 0 Å². The van der Waals surface area contributed by atoms with E-state index in [0.717, 1.165) is 11.3 Å². The van der Waals surface area contributed by atoms with Gasteiger partial charge in [-0.25, -0.2) is 0 Å². The molecule has 104 valence electrons. The third-order valence-corrected chi connectivity index (χ3v) is 6.00. The predicted molar refractivity (Wildman–Crippen MR) is 83.8 cm³/mol. The summed E-state index contributed by atoms with van der Waals surface area (Å²) in [6.07, 6.45) is 6.66. The van der Waals surface area contributed by atoms with Gasteiger partial charge >= 0.3 is 0 Å². The van der Waals surface area contributed by atoms with E-state index in [9.17, 15) is 0 Å². The van der Waals surface area contributed by atoms with E-state index in [-0.39, 0.29) is 0 Å². The molecule has 1 heterocycles. The summed E-state index contributed by atoms with van der Waals surface area (Å²) in [6, 6.07) is 9.76. The SMILES string of the molecule is CCC(C)(CNC1CC1)CC1Cc2ccccc2S1. The monoisotopic (exact) mass is 275 g/mol. The number of thioether (sulfide) groups is 1. The highest BCUT2D eigenvalue weighted by Gasteiger charge is 2.32. The molecular formula is C17H25NS. The average Bonchev–Trinajstić information content (AvgIpc) is 3.16. The topological polar surface area (TPSA) is 12.0 Å². The zero-order chi connectivity index (χ0) is 13.3. The summed E-state index contributed by atoms with van der Waals surface area (Å²) in [5.41, 5.74) is 2.02. The minimum Gasteiger partial charge on any atom is -0.313 e. The van der Waals surface area contributed by atoms with E-state index in [4.69, 9.17) is 0 Å². The number of hydrogen-bond donors (Lipinski definition) is 1. The molecule has 1 aromatic rings. The maximum Gasteiger partial charge on any atom is 0.0141 e. The first kappa shape index (κ1) is 13.5. The lowest BCUT2D eigenvalue weighted by molar-refractivity contribution is 0.266. The van der Waals surface area contributed by atoms with Crippen LogP contribution in [0.15, 0.2) is 29.2 Å². The number of rotatable bonds is 6. The smallest absolute Gasteiger partial charge is 0.0141 e. The lowest BCUT2D eigenvalue weighted by Gasteiger charge is -2.31. The van der Waals surface area contributed by atoms with Crippen LogP contribution < -0.4 is 5.32 Å². The van der Waals surface area contributed by atoms with Crippen molar-refractivity contribution in [3.05, 3.63) is 29.8 Å². The number of hydrogen-bond acceptors (Lipinski definition) is 2. The lowest BCUT2D eigenvalue weighted by atomic mass is 9.81. The summed E-state index contributed by atoms with van der Waals surface area (Å²) in [5.74, 6) is 0. The molecule has 2 atom stereocenters. The van der Waals surface area contributed by atoms with E-state index in [1.807, 2.05) is 0 Å². The highest BCUT2D eigenvalue weighted by atomic mass is 32.2. The van der Waals surface area contributed by atoms with Gasteiger partial charge < -0.3 is 5.32 Å². The molecular weight excluding hydrogens is 250 g/mol. The lowest BCUT2D eigenvalue weighted by Crippen LogP contribution is -2.35. The largest absolute Gasteiger partial charge is 0.313 e. The van der Waals surface area contributed by atoms with Gasteiger partial charge in [0.25, 0.3) is 0 Å². The van der Waals surface area contributed by atoms with Crippen molar-refractivity contribution < 1.29 is 0 Å². The van der Waals surface area contributed by atoms with Crippen molar-refractivity contribution in [3.8, 4) is 0 Å². The van der Waals surface area contributed by atoms with Crippen LogP contribution in [0.5, 0.6) is 0 Å². The Morgan fingerprint density at radius 2 is 2.11 bits per heavy atom. The molecule has 1 saturated carbocycles. The fourth-order valence-electron chi connectivity index (χ4n) is 2.94. The molecule has 0 radical (unpaired) electrons. The van der Waals surface area contributed by atoms with E-state index in [1.54, 1.807) is 5.56 Å². The first-order chi connectivity index (χ1) is 9.18. The summed E-state index contributed by atoms with van der Waals surface area (Å²) in [7, 11) is 0. The molecule has 2 unspecified atom stereocenters. The summed E-state index contributed by atoms with van der Waals surface area (Å²) in [6.45, 7) is 6.01. The van der Waals surface area contributed by atoms with Gasteiger partial charge in [-0.3, -0.25) is 0 Å². The summed E-state index contributed by atoms with van der Waals surface area (Å²) in [4.78, 5) is 1.51. The number of fused-ring (bicyclic) bond motifs is 1. The molecule has 2 heteroatoms. The molecule has 1 aliphatic carbocycles. The van der Waals surface area contributed by atoms with Crippen molar-refractivity contribution in [2.24, 2.45) is 5.41 Å². The molecule has 1 N–H and O–H groups in total. The highest BCUT2D eigenvalue weighted by molar-refractivity contribution is 8.00. The van der Waals surface area contributed by atoms with Crippen molar-refractivity contribution in [1.29, 1.82) is 0 Å². The number of benzene rings is 1. The molecule has 1 nitrogen and oxygen atoms in total. The Morgan fingerprint density at radius 3 is 2.79 bits per heavy atom. The molecule has 0 bridgehead atoms. The zero-order valence-electron chi connectivity index (χ0n) is 12.1. The maximum atomic E-state index is 3.73. The van der Waals surface area contributed by atoms with Gasteiger partial charge in [-0.1, -0.05) is 32.0 Å². The van der Waals surface area contributed by atoms with Crippen LogP contribution in [0.2, 0.25) is 0 Å². The second kappa shape index (κ2) is 5.49. The molecule has 0 saturated heterocycles. The molecule has 0 spiro atoms. The van der Waals surface area contributed by atoms with Gasteiger partial charge in [0.1, 0.15) is 0 Å². The summed E-state index contributed by atoms with van der Waals surface area (Å²) >= 11 is 2.10. The van der Waals surface area contributed by atoms with Crippen molar-refractivity contribution in [2.45, 2.75) is 62.1 Å². The Balaban J connectivity index is 1.57. The minimum atomic E-state index is 0.461. The van der Waals surface area contributed by atoms with Crippen LogP contribution in [-0.4, -0.2) is 17.8 Å². The van der Waals surface area contributed by atoms with Crippen molar-refractivity contribution in [2.75, 3.05) is 6.54 Å². The third-order valence-electron chi connectivity index (χ3n) is 4.68. The summed E-state index contributed by atoms with van der Waals surface area (Å²) in [5, 5.41) is 4.51. The van der Waals surface area contributed by atoms with Gasteiger partial charge in [0.2, 0.25) is 0 Å². The molecule has 3 rings (SSSR count). The zero-order valence-corrected chi connectivity index (χ0v) is 12.9. The fourth-order valence-corrected chi connectivity index (χ4v) is 4.50. The first-order valence-electron chi connectivity index (χ1n) is 7.66. The molecule has 2 aliphatic rings. The van der Waals surface area contributed by atoms with Crippen LogP contribution >= 0.6 is 11.8 Å². The molecule has 1 aliphatic heterocycles. The quantitative estimate of drug-likeness (QED) is 0.832. The number of nitrogens with one attached hydrogen (secondary N) is 1. The fraction of sp³-hybridized carbons (Fsp3) is 0.647. The van der Waals surface area contributed by atoms with E-state index in [1.165, 1.54) is 43.5 Å². The highest BCUT2D eigenvalue weighted by Crippen LogP contribution is 2.43. The van der Waals surface area contributed by atoms with Crippen LogP contribution in [0.4, 0.5) is 0 Å². The van der Waals surface area contributed by atoms with E-state index < -0.39 is 0 Å². The van der Waals surface area contributed by atoms with Crippen LogP contribution in [0, 0.1) is 5.41 Å². The van der Waals surface area contributed by atoms with Crippen LogP contribution in [0.3, 0.4) is 0 Å². The van der Waals surface area contributed by atoms with Crippen molar-refractivity contribution in [1.82, 2.24) is 5.32 Å². The van der Waals surface area contributed by atoms with Crippen LogP contribution in [0.1, 0.15) is 45.1 Å². The molecule has 1 fully saturated rings. The van der Waals surface area contributed by atoms with Gasteiger partial charge in [-0.2, -0.15) is 0 Å². The van der Waals surface area contributed by atoms with Crippen molar-refractivity contribution in [3.63, 3.8) is 0 Å². The molecule has 0 aromatic heterocycles. The van der Waals surface area contributed by atoms with Gasteiger partial charge in [0, 0.05) is 22.7 Å². The Morgan fingerprint density at radius 1 is 1.32 bits per heavy atom. The van der Waals surface area contributed by atoms with Crippen molar-refractivity contribution >= 4 is 11.8 Å². The molecule has 19 heavy (non-hydrogen) atoms. The Kier molecular flexibility index (Phi) is 3.91. The van der Waals surface area contributed by atoms with Gasteiger partial charge in [-0.15, -0.1) is 11.8 Å². The standard InChI is InChI=1S/C17H25NS/c1-3-17(2,12-18-14-8-9-14)11-15-10-13-6-4-5-7-16(13)19-15/h4-7,14-15,18H,3,8-12H2,1-2H3. The first-order valence-corrected chi connectivity index (χ1v) is 8.54. The van der Waals surface area contributed by atoms with Gasteiger partial charge in [0.15, 0.2) is 0 Å². The van der Waals surface area contributed by atoms with Crippen LogP contribution in [0.25, 0.3) is 0 Å². The maximum absolute atomic E-state index is 3.73. The predicted octanol–water partition coefficient (Wildman–Crippen LogP) is 4.26. The van der Waals surface area contributed by atoms with Crippen LogP contribution in [-0.2, 0) is 6.42 Å². The van der Waals surface area contributed by atoms with E-state index >= 15 is 0 Å². The third kappa shape index (κ3) is 3.35. The molecule has 1 aromatic carbocycles. The minimum absolute atomic E-state index is 0.461. The Hall–Kier alpha value is -0.470. The molecule has 0 amide bonds. The Labute approximate surface area is 121 Å². The normalized spacial score (nSPS) is 25.1. The van der Waals surface area contributed by atoms with Gasteiger partial charge in [-0.05, 0) is 49.1 Å². The summed E-state index contributed by atoms with van der Waals surface area (Å²) < 4.78 is 0. The van der Waals surface area contributed by atoms with E-state index in [0.29, 0.717) is 5.41 Å².